The van der Waals surface area contributed by atoms with Crippen molar-refractivity contribution in [2.24, 2.45) is 39.7 Å². The van der Waals surface area contributed by atoms with Crippen LogP contribution in [0.1, 0.15) is 36.8 Å². The Kier molecular flexibility index (Phi) is 10.9. The molecule has 2 atom stereocenters. The summed E-state index contributed by atoms with van der Waals surface area (Å²) in [5.41, 5.74) is 14.8. The van der Waals surface area contributed by atoms with Crippen LogP contribution in [-0.4, -0.2) is 75.6 Å². The van der Waals surface area contributed by atoms with E-state index >= 15 is 0 Å². The second-order valence-electron chi connectivity index (χ2n) is 14.5. The Morgan fingerprint density at radius 2 is 1.15 bits per heavy atom. The Bertz CT molecular complexity index is 2620. The molecule has 0 aliphatic carbocycles. The molecule has 16 nitrogen and oxygen atoms in total. The zero-order valence-electron chi connectivity index (χ0n) is 31.6. The molecule has 0 bridgehead atoms. The van der Waals surface area contributed by atoms with Gasteiger partial charge in [0.25, 0.3) is 11.1 Å². The largest absolute Gasteiger partial charge is 0.341 e. The van der Waals surface area contributed by atoms with Gasteiger partial charge in [0, 0.05) is 70.0 Å². The minimum atomic E-state index is -0.379. The van der Waals surface area contributed by atoms with Gasteiger partial charge < -0.3 is 21.3 Å². The third-order valence-corrected chi connectivity index (χ3v) is 11.7. The molecule has 0 saturated carbocycles. The quantitative estimate of drug-likeness (QED) is 0.233. The maximum absolute atomic E-state index is 13.0. The first kappa shape index (κ1) is 38.3. The van der Waals surface area contributed by atoms with Crippen LogP contribution in [0.5, 0.6) is 0 Å². The summed E-state index contributed by atoms with van der Waals surface area (Å²) in [7, 11) is 6.31. The van der Waals surface area contributed by atoms with Crippen molar-refractivity contribution >= 4 is 56.8 Å². The normalized spacial score (nSPS) is 17.5. The van der Waals surface area contributed by atoms with Gasteiger partial charge >= 0.3 is 11.4 Å². The first-order valence-electron chi connectivity index (χ1n) is 18.5. The van der Waals surface area contributed by atoms with E-state index in [2.05, 4.69) is 32.4 Å². The maximum Gasteiger partial charge on any atom is 0.332 e. The van der Waals surface area contributed by atoms with Crippen molar-refractivity contribution < 1.29 is 0 Å². The molecule has 55 heavy (non-hydrogen) atoms. The molecule has 6 aromatic rings. The zero-order chi connectivity index (χ0) is 39.1. The first-order valence-corrected chi connectivity index (χ1v) is 19.5. The van der Waals surface area contributed by atoms with Gasteiger partial charge in [-0.25, -0.2) is 9.59 Å². The predicted molar refractivity (Wildman–Crippen MR) is 223 cm³/mol. The highest BCUT2D eigenvalue weighted by atomic mass is 127. The summed E-state index contributed by atoms with van der Waals surface area (Å²) in [4.78, 5) is 64.4. The zero-order valence-corrected chi connectivity index (χ0v) is 33.7. The van der Waals surface area contributed by atoms with Crippen molar-refractivity contribution in [2.45, 2.75) is 50.9 Å². The number of hydrogen-bond donors (Lipinski definition) is 2. The summed E-state index contributed by atoms with van der Waals surface area (Å²) in [6.45, 7) is 4.00. The van der Waals surface area contributed by atoms with Crippen molar-refractivity contribution in [3.05, 3.63) is 111 Å². The number of hydrogen-bond acceptors (Lipinski definition) is 10. The molecule has 17 heteroatoms. The lowest BCUT2D eigenvalue weighted by atomic mass is 10.2. The van der Waals surface area contributed by atoms with Gasteiger partial charge in [0.05, 0.1) is 13.1 Å². The molecule has 2 saturated heterocycles. The van der Waals surface area contributed by atoms with E-state index in [0.717, 1.165) is 62.6 Å². The lowest BCUT2D eigenvalue weighted by Gasteiger charge is -2.24. The maximum atomic E-state index is 13.0. The molecule has 6 heterocycles. The van der Waals surface area contributed by atoms with Gasteiger partial charge in [-0.15, -0.1) is 0 Å². The fourth-order valence-electron chi connectivity index (χ4n) is 7.54. The molecule has 4 N–H and O–H groups in total. The SMILES string of the molecule is Cn1c(=O)c2c(nc(N3CCCCC(N)C3)n2Cc2ccccc2)n(C)c1=O.Cn1c(=O)c2c(nc(N3CC[C@H](N)C3)n2Cc2ccccc2I)n(C)c1=O. The second kappa shape index (κ2) is 15.6. The second-order valence-corrected chi connectivity index (χ2v) is 15.7. The number of anilines is 2. The van der Waals surface area contributed by atoms with Gasteiger partial charge in [-0.3, -0.25) is 37.0 Å². The summed E-state index contributed by atoms with van der Waals surface area (Å²) < 4.78 is 10.1. The van der Waals surface area contributed by atoms with Crippen LogP contribution in [0, 0.1) is 3.57 Å². The molecular weight excluding hydrogens is 815 g/mol. The first-order chi connectivity index (χ1) is 26.3. The summed E-state index contributed by atoms with van der Waals surface area (Å²) in [6.07, 6.45) is 3.97. The molecule has 290 valence electrons. The minimum absolute atomic E-state index is 0.0686. The average molecular weight is 863 g/mol. The predicted octanol–water partition coefficient (Wildman–Crippen LogP) is 1.42. The van der Waals surface area contributed by atoms with E-state index in [4.69, 9.17) is 21.4 Å². The number of nitrogens with zero attached hydrogens (tertiary/aromatic N) is 10. The highest BCUT2D eigenvalue weighted by Gasteiger charge is 2.28. The number of rotatable bonds is 6. The molecule has 2 aliphatic rings. The molecular formula is C38H47IN12O4. The van der Waals surface area contributed by atoms with Gasteiger partial charge in [-0.2, -0.15) is 9.97 Å². The monoisotopic (exact) mass is 862 g/mol. The molecule has 2 fully saturated rings. The van der Waals surface area contributed by atoms with Crippen molar-refractivity contribution in [3.63, 3.8) is 0 Å². The van der Waals surface area contributed by atoms with E-state index in [-0.39, 0.29) is 34.6 Å². The summed E-state index contributed by atoms with van der Waals surface area (Å²) in [5.74, 6) is 1.39. The van der Waals surface area contributed by atoms with E-state index in [9.17, 15) is 19.2 Å². The Labute approximate surface area is 330 Å². The van der Waals surface area contributed by atoms with Gasteiger partial charge in [0.1, 0.15) is 0 Å². The number of nitrogens with two attached hydrogens (primary N) is 2. The van der Waals surface area contributed by atoms with E-state index in [1.54, 1.807) is 14.1 Å². The standard InChI is InChI=1S/C20H26N6O2.C18H21IN6O2/c1-23-17-16(18(27)24(2)20(23)28)26(12-14-8-4-3-5-9-14)19(22-17)25-11-7-6-10-15(21)13-25;1-22-15-14(16(26)23(2)18(22)27)25(9-11-5-3-4-6-13(11)19)17(21-15)24-8-7-12(20)10-24/h3-5,8-9,15H,6-7,10-13,21H2,1-2H3;3-6,12H,7-10,20H2,1-2H3/t;12-/m.0/s1. The van der Waals surface area contributed by atoms with Crippen LogP contribution in [0.4, 0.5) is 11.9 Å². The minimum Gasteiger partial charge on any atom is -0.341 e. The highest BCUT2D eigenvalue weighted by Crippen LogP contribution is 2.26. The molecule has 2 aromatic carbocycles. The number of halogens is 1. The Hall–Kier alpha value is -5.01. The smallest absolute Gasteiger partial charge is 0.332 e. The average Bonchev–Trinajstić information content (AvgIpc) is 3.84. The summed E-state index contributed by atoms with van der Waals surface area (Å²) in [6, 6.07) is 18.2. The van der Waals surface area contributed by atoms with Gasteiger partial charge in [0.2, 0.25) is 11.9 Å². The number of fused-ring (bicyclic) bond motifs is 2. The van der Waals surface area contributed by atoms with Crippen molar-refractivity contribution in [1.29, 1.82) is 0 Å². The topological polar surface area (TPSA) is 182 Å². The van der Waals surface area contributed by atoms with Crippen LogP contribution in [-0.2, 0) is 41.3 Å². The molecule has 0 spiro atoms. The molecule has 1 unspecified atom stereocenters. The van der Waals surface area contributed by atoms with Gasteiger partial charge in [0.15, 0.2) is 22.3 Å². The number of benzene rings is 2. The highest BCUT2D eigenvalue weighted by molar-refractivity contribution is 14.1. The number of aromatic nitrogens is 8. The van der Waals surface area contributed by atoms with Crippen LogP contribution >= 0.6 is 22.6 Å². The third-order valence-electron chi connectivity index (χ3n) is 10.6. The van der Waals surface area contributed by atoms with Gasteiger partial charge in [-0.05, 0) is 59.0 Å². The fraction of sp³-hybridized carbons (Fsp3) is 0.421. The lowest BCUT2D eigenvalue weighted by Crippen LogP contribution is -2.38. The van der Waals surface area contributed by atoms with Crippen LogP contribution in [0.2, 0.25) is 0 Å². The molecule has 2 aliphatic heterocycles. The summed E-state index contributed by atoms with van der Waals surface area (Å²) >= 11 is 2.29. The fourth-order valence-corrected chi connectivity index (χ4v) is 8.10. The molecule has 4 aromatic heterocycles. The Morgan fingerprint density at radius 3 is 1.69 bits per heavy atom. The van der Waals surface area contributed by atoms with Crippen molar-refractivity contribution in [3.8, 4) is 0 Å². The van der Waals surface area contributed by atoms with Gasteiger partial charge in [-0.1, -0.05) is 55.0 Å². The van der Waals surface area contributed by atoms with Crippen LogP contribution < -0.4 is 43.8 Å². The van der Waals surface area contributed by atoms with E-state index < -0.39 is 0 Å². The Morgan fingerprint density at radius 1 is 0.636 bits per heavy atom. The molecule has 0 amide bonds. The van der Waals surface area contributed by atoms with E-state index in [1.165, 1.54) is 23.2 Å². The molecule has 0 radical (unpaired) electrons. The number of aryl methyl sites for hydroxylation is 2. The van der Waals surface area contributed by atoms with Crippen molar-refractivity contribution in [2.75, 3.05) is 36.0 Å². The molecule has 8 rings (SSSR count). The van der Waals surface area contributed by atoms with E-state index in [0.29, 0.717) is 60.4 Å². The Balaban J connectivity index is 0.000000169. The van der Waals surface area contributed by atoms with Crippen LogP contribution in [0.25, 0.3) is 22.3 Å². The third kappa shape index (κ3) is 7.27. The lowest BCUT2D eigenvalue weighted by molar-refractivity contribution is 0.615. The van der Waals surface area contributed by atoms with Crippen molar-refractivity contribution in [1.82, 2.24) is 37.4 Å². The van der Waals surface area contributed by atoms with E-state index in [1.807, 2.05) is 63.7 Å². The number of imidazole rings is 2. The van der Waals surface area contributed by atoms with Crippen LogP contribution in [0.15, 0.2) is 73.8 Å². The van der Waals surface area contributed by atoms with Crippen LogP contribution in [0.3, 0.4) is 0 Å². The summed E-state index contributed by atoms with van der Waals surface area (Å²) in [5, 5.41) is 0.